The molecule has 0 bridgehead atoms. The summed E-state index contributed by atoms with van der Waals surface area (Å²) >= 11 is 0. The quantitative estimate of drug-likeness (QED) is 0.888. The summed E-state index contributed by atoms with van der Waals surface area (Å²) in [4.78, 5) is 25.1. The van der Waals surface area contributed by atoms with Gasteiger partial charge >= 0.3 is 6.18 Å². The van der Waals surface area contributed by atoms with E-state index in [1.807, 2.05) is 0 Å². The Balaban J connectivity index is 1.97. The number of hydrogen-bond acceptors (Lipinski definition) is 3. The third-order valence-corrected chi connectivity index (χ3v) is 3.47. The van der Waals surface area contributed by atoms with E-state index in [-0.39, 0.29) is 24.0 Å². The van der Waals surface area contributed by atoms with Gasteiger partial charge in [0.25, 0.3) is 0 Å². The molecule has 5 nitrogen and oxygen atoms in total. The molecule has 1 aliphatic rings. The first-order valence-corrected chi connectivity index (χ1v) is 6.76. The molecule has 2 amide bonds. The van der Waals surface area contributed by atoms with Crippen LogP contribution in [0.25, 0.3) is 0 Å². The van der Waals surface area contributed by atoms with Crippen molar-refractivity contribution in [3.63, 3.8) is 0 Å². The molecule has 2 N–H and O–H groups in total. The maximum Gasteiger partial charge on any atom is 0.416 e. The smallest absolute Gasteiger partial charge is 0.354 e. The molecule has 1 aliphatic heterocycles. The lowest BCUT2D eigenvalue weighted by molar-refractivity contribution is -0.137. The molecule has 0 aromatic heterocycles. The molecule has 0 aliphatic carbocycles. The van der Waals surface area contributed by atoms with E-state index in [1.165, 1.54) is 12.1 Å². The van der Waals surface area contributed by atoms with Crippen LogP contribution in [0.1, 0.15) is 12.5 Å². The molecule has 1 atom stereocenters. The number of rotatable bonds is 3. The second kappa shape index (κ2) is 6.35. The average Bonchev–Trinajstić information content (AvgIpc) is 2.46. The Hall–Kier alpha value is -2.09. The Bertz CT molecular complexity index is 557. The van der Waals surface area contributed by atoms with Crippen molar-refractivity contribution in [2.75, 3.05) is 25.0 Å². The summed E-state index contributed by atoms with van der Waals surface area (Å²) in [7, 11) is 0. The highest BCUT2D eigenvalue weighted by molar-refractivity contribution is 5.95. The van der Waals surface area contributed by atoms with Crippen LogP contribution in [0.2, 0.25) is 0 Å². The van der Waals surface area contributed by atoms with Crippen molar-refractivity contribution in [3.8, 4) is 0 Å². The highest BCUT2D eigenvalue weighted by Gasteiger charge is 2.30. The molecule has 120 valence electrons. The van der Waals surface area contributed by atoms with Crippen LogP contribution >= 0.6 is 0 Å². The minimum Gasteiger partial charge on any atom is -0.354 e. The molecule has 1 saturated heterocycles. The van der Waals surface area contributed by atoms with Gasteiger partial charge in [0, 0.05) is 18.8 Å². The number of alkyl halides is 3. The molecule has 0 saturated carbocycles. The van der Waals surface area contributed by atoms with Crippen LogP contribution < -0.4 is 10.6 Å². The maximum absolute atomic E-state index is 12.5. The van der Waals surface area contributed by atoms with Crippen LogP contribution in [0.15, 0.2) is 24.3 Å². The van der Waals surface area contributed by atoms with E-state index in [9.17, 15) is 22.8 Å². The van der Waals surface area contributed by atoms with E-state index in [4.69, 9.17) is 0 Å². The second-order valence-corrected chi connectivity index (χ2v) is 5.06. The number of carbonyl (C=O) groups excluding carboxylic acids is 2. The number of halogens is 3. The van der Waals surface area contributed by atoms with Crippen molar-refractivity contribution in [2.45, 2.75) is 19.1 Å². The van der Waals surface area contributed by atoms with Crippen molar-refractivity contribution < 1.29 is 22.8 Å². The topological polar surface area (TPSA) is 61.4 Å². The number of hydrogen-bond donors (Lipinski definition) is 2. The fourth-order valence-electron chi connectivity index (χ4n) is 2.14. The summed E-state index contributed by atoms with van der Waals surface area (Å²) in [6.07, 6.45) is -4.41. The van der Waals surface area contributed by atoms with Gasteiger partial charge in [0.2, 0.25) is 11.8 Å². The minimum absolute atomic E-state index is 0.127. The fraction of sp³-hybridized carbons (Fsp3) is 0.429. The number of nitrogens with one attached hydrogen (secondary N) is 2. The van der Waals surface area contributed by atoms with Gasteiger partial charge in [0.1, 0.15) is 0 Å². The Kier molecular flexibility index (Phi) is 4.70. The van der Waals surface area contributed by atoms with Crippen molar-refractivity contribution in [3.05, 3.63) is 29.8 Å². The van der Waals surface area contributed by atoms with Crippen LogP contribution in [0.5, 0.6) is 0 Å². The molecule has 1 heterocycles. The Labute approximate surface area is 125 Å². The third-order valence-electron chi connectivity index (χ3n) is 3.47. The largest absolute Gasteiger partial charge is 0.416 e. The van der Waals surface area contributed by atoms with Crippen molar-refractivity contribution in [1.29, 1.82) is 0 Å². The molecule has 0 spiro atoms. The van der Waals surface area contributed by atoms with Gasteiger partial charge < -0.3 is 10.6 Å². The van der Waals surface area contributed by atoms with E-state index in [0.717, 1.165) is 12.1 Å². The average molecular weight is 315 g/mol. The number of anilines is 1. The molecule has 8 heteroatoms. The molecule has 2 rings (SSSR count). The molecule has 0 unspecified atom stereocenters. The van der Waals surface area contributed by atoms with E-state index < -0.39 is 17.8 Å². The van der Waals surface area contributed by atoms with Crippen molar-refractivity contribution in [2.24, 2.45) is 0 Å². The lowest BCUT2D eigenvalue weighted by Crippen LogP contribution is -2.53. The summed E-state index contributed by atoms with van der Waals surface area (Å²) in [5.74, 6) is -0.519. The SMILES string of the molecule is C[C@@H](C(=O)Nc1ccc(C(F)(F)F)cc1)N1CCNC(=O)C1. The second-order valence-electron chi connectivity index (χ2n) is 5.06. The van der Waals surface area contributed by atoms with Gasteiger partial charge in [0.15, 0.2) is 0 Å². The molecule has 1 fully saturated rings. The highest BCUT2D eigenvalue weighted by Crippen LogP contribution is 2.29. The van der Waals surface area contributed by atoms with Gasteiger partial charge in [-0.3, -0.25) is 14.5 Å². The first-order chi connectivity index (χ1) is 10.3. The van der Waals surface area contributed by atoms with Crippen LogP contribution in [-0.2, 0) is 15.8 Å². The number of piperazine rings is 1. The lowest BCUT2D eigenvalue weighted by Gasteiger charge is -2.31. The summed E-state index contributed by atoms with van der Waals surface area (Å²) in [5.41, 5.74) is -0.488. The van der Waals surface area contributed by atoms with Crippen molar-refractivity contribution in [1.82, 2.24) is 10.2 Å². The maximum atomic E-state index is 12.5. The van der Waals surface area contributed by atoms with Gasteiger partial charge in [-0.2, -0.15) is 13.2 Å². The molecule has 0 radical (unpaired) electrons. The summed E-state index contributed by atoms with van der Waals surface area (Å²) in [6, 6.07) is 3.68. The van der Waals surface area contributed by atoms with E-state index in [0.29, 0.717) is 13.1 Å². The molecule has 22 heavy (non-hydrogen) atoms. The van der Waals surface area contributed by atoms with Crippen LogP contribution in [0.4, 0.5) is 18.9 Å². The number of benzene rings is 1. The standard InChI is InChI=1S/C14H16F3N3O2/c1-9(20-7-6-18-12(21)8-20)13(22)19-11-4-2-10(3-5-11)14(15,16)17/h2-5,9H,6-8H2,1H3,(H,18,21)(H,19,22)/t9-/m0/s1. The minimum atomic E-state index is -4.41. The summed E-state index contributed by atoms with van der Waals surface area (Å²) in [6.45, 7) is 2.80. The van der Waals surface area contributed by atoms with Gasteiger partial charge in [-0.05, 0) is 31.2 Å². The normalized spacial score (nSPS) is 17.7. The molecular weight excluding hydrogens is 299 g/mol. The predicted molar refractivity (Wildman–Crippen MR) is 74.1 cm³/mol. The third kappa shape index (κ3) is 3.97. The van der Waals surface area contributed by atoms with E-state index in [2.05, 4.69) is 10.6 Å². The first-order valence-electron chi connectivity index (χ1n) is 6.76. The summed E-state index contributed by atoms with van der Waals surface area (Å²) in [5, 5.41) is 5.21. The zero-order chi connectivity index (χ0) is 16.3. The Morgan fingerprint density at radius 1 is 1.32 bits per heavy atom. The Morgan fingerprint density at radius 2 is 1.95 bits per heavy atom. The number of amides is 2. The van der Waals surface area contributed by atoms with Gasteiger partial charge in [-0.25, -0.2) is 0 Å². The fourth-order valence-corrected chi connectivity index (χ4v) is 2.14. The highest BCUT2D eigenvalue weighted by atomic mass is 19.4. The predicted octanol–water partition coefficient (Wildman–Crippen LogP) is 1.46. The van der Waals surface area contributed by atoms with Crippen LogP contribution in [0.3, 0.4) is 0 Å². The zero-order valence-corrected chi connectivity index (χ0v) is 11.9. The van der Waals surface area contributed by atoms with E-state index in [1.54, 1.807) is 11.8 Å². The van der Waals surface area contributed by atoms with Crippen LogP contribution in [-0.4, -0.2) is 42.4 Å². The van der Waals surface area contributed by atoms with E-state index >= 15 is 0 Å². The monoisotopic (exact) mass is 315 g/mol. The van der Waals surface area contributed by atoms with Gasteiger partial charge in [0.05, 0.1) is 18.2 Å². The van der Waals surface area contributed by atoms with Gasteiger partial charge in [-0.1, -0.05) is 0 Å². The summed E-state index contributed by atoms with van der Waals surface area (Å²) < 4.78 is 37.4. The molecule has 1 aromatic carbocycles. The lowest BCUT2D eigenvalue weighted by atomic mass is 10.2. The zero-order valence-electron chi connectivity index (χ0n) is 11.9. The number of nitrogens with zero attached hydrogens (tertiary/aromatic N) is 1. The molecular formula is C14H16F3N3O2. The van der Waals surface area contributed by atoms with Crippen molar-refractivity contribution >= 4 is 17.5 Å². The first kappa shape index (κ1) is 16.3. The Morgan fingerprint density at radius 3 is 2.50 bits per heavy atom. The molecule has 1 aromatic rings. The number of carbonyl (C=O) groups is 2. The van der Waals surface area contributed by atoms with Crippen LogP contribution in [0, 0.1) is 0 Å². The van der Waals surface area contributed by atoms with Gasteiger partial charge in [-0.15, -0.1) is 0 Å².